The molecular weight excluding hydrogens is 178 g/mol. The van der Waals surface area contributed by atoms with Gasteiger partial charge in [0.05, 0.1) is 12.2 Å². The molecule has 1 fully saturated rings. The van der Waals surface area contributed by atoms with E-state index in [1.165, 1.54) is 0 Å². The Morgan fingerprint density at radius 3 is 2.36 bits per heavy atom. The monoisotopic (exact) mass is 199 g/mol. The van der Waals surface area contributed by atoms with E-state index >= 15 is 0 Å². The average molecular weight is 199 g/mol. The minimum Gasteiger partial charge on any atom is -0.372 e. The molecule has 0 bridgehead atoms. The second kappa shape index (κ2) is 4.78. The number of nitrogens with zero attached hydrogens (tertiary/aromatic N) is 1. The Bertz CT molecular complexity index is 195. The summed E-state index contributed by atoms with van der Waals surface area (Å²) in [5.74, 6) is 0.719. The van der Waals surface area contributed by atoms with E-state index in [2.05, 4.69) is 13.8 Å². The molecule has 1 heterocycles. The fourth-order valence-corrected chi connectivity index (χ4v) is 1.59. The van der Waals surface area contributed by atoms with Gasteiger partial charge in [-0.1, -0.05) is 13.8 Å². The molecule has 3 nitrogen and oxygen atoms in total. The van der Waals surface area contributed by atoms with Crippen molar-refractivity contribution in [3.05, 3.63) is 0 Å². The summed E-state index contributed by atoms with van der Waals surface area (Å²) in [6, 6.07) is 0. The van der Waals surface area contributed by atoms with E-state index < -0.39 is 0 Å². The highest BCUT2D eigenvalue weighted by Gasteiger charge is 2.31. The quantitative estimate of drug-likeness (QED) is 0.689. The average Bonchev–Trinajstić information content (AvgIpc) is 1.93. The van der Waals surface area contributed by atoms with Crippen LogP contribution < -0.4 is 0 Å². The smallest absolute Gasteiger partial charge is 0.223 e. The molecular formula is C11H21NO2. The van der Waals surface area contributed by atoms with Gasteiger partial charge in [0.1, 0.15) is 0 Å². The van der Waals surface area contributed by atoms with Gasteiger partial charge < -0.3 is 9.64 Å². The highest BCUT2D eigenvalue weighted by atomic mass is 16.5. The van der Waals surface area contributed by atoms with Crippen LogP contribution in [0.25, 0.3) is 0 Å². The number of carbonyl (C=O) groups is 1. The molecule has 1 aliphatic heterocycles. The molecule has 82 valence electrons. The van der Waals surface area contributed by atoms with Crippen LogP contribution in [-0.2, 0) is 9.53 Å². The predicted octanol–water partition coefficient (Wildman–Crippen LogP) is 1.67. The largest absolute Gasteiger partial charge is 0.372 e. The zero-order chi connectivity index (χ0) is 10.7. The van der Waals surface area contributed by atoms with Gasteiger partial charge >= 0.3 is 0 Å². The highest BCUT2D eigenvalue weighted by molar-refractivity contribution is 5.77. The normalized spacial score (nSPS) is 17.7. The minimum atomic E-state index is 0.266. The molecule has 0 aromatic rings. The van der Waals surface area contributed by atoms with Gasteiger partial charge in [-0.25, -0.2) is 0 Å². The van der Waals surface area contributed by atoms with Crippen molar-refractivity contribution < 1.29 is 9.53 Å². The lowest BCUT2D eigenvalue weighted by Crippen LogP contribution is -2.55. The van der Waals surface area contributed by atoms with E-state index in [0.717, 1.165) is 13.1 Å². The molecule has 0 N–H and O–H groups in total. The van der Waals surface area contributed by atoms with Crippen LogP contribution in [-0.4, -0.2) is 36.1 Å². The van der Waals surface area contributed by atoms with Gasteiger partial charge in [0.15, 0.2) is 0 Å². The lowest BCUT2D eigenvalue weighted by Gasteiger charge is -2.40. The van der Waals surface area contributed by atoms with Crippen LogP contribution in [0.3, 0.4) is 0 Å². The molecule has 1 amide bonds. The molecule has 0 spiro atoms. The van der Waals surface area contributed by atoms with Gasteiger partial charge in [0.25, 0.3) is 0 Å². The lowest BCUT2D eigenvalue weighted by molar-refractivity contribution is -0.148. The summed E-state index contributed by atoms with van der Waals surface area (Å²) in [6.45, 7) is 9.75. The van der Waals surface area contributed by atoms with E-state index in [1.54, 1.807) is 0 Å². The maximum Gasteiger partial charge on any atom is 0.223 e. The molecule has 0 unspecified atom stereocenters. The van der Waals surface area contributed by atoms with Crippen LogP contribution in [0.5, 0.6) is 0 Å². The number of hydrogen-bond donors (Lipinski definition) is 0. The SMILES string of the molecule is CC(C)CC(=O)N1CC(OC(C)C)C1. The number of carbonyl (C=O) groups excluding carboxylic acids is 1. The van der Waals surface area contributed by atoms with Crippen molar-refractivity contribution in [3.63, 3.8) is 0 Å². The molecule has 0 aromatic heterocycles. The van der Waals surface area contributed by atoms with Crippen molar-refractivity contribution in [1.29, 1.82) is 0 Å². The molecule has 1 rings (SSSR count). The number of ether oxygens (including phenoxy) is 1. The standard InChI is InChI=1S/C11H21NO2/c1-8(2)5-11(13)12-6-10(7-12)14-9(3)4/h8-10H,5-7H2,1-4H3. The second-order valence-electron chi connectivity index (χ2n) is 4.70. The first-order valence-electron chi connectivity index (χ1n) is 5.42. The van der Waals surface area contributed by atoms with Crippen LogP contribution in [0.4, 0.5) is 0 Å². The number of amides is 1. The van der Waals surface area contributed by atoms with E-state index in [9.17, 15) is 4.79 Å². The van der Waals surface area contributed by atoms with E-state index in [-0.39, 0.29) is 18.1 Å². The minimum absolute atomic E-state index is 0.266. The first kappa shape index (κ1) is 11.5. The zero-order valence-electron chi connectivity index (χ0n) is 9.62. The maximum absolute atomic E-state index is 11.5. The molecule has 0 radical (unpaired) electrons. The third kappa shape index (κ3) is 3.29. The fourth-order valence-electron chi connectivity index (χ4n) is 1.59. The molecule has 0 aromatic carbocycles. The van der Waals surface area contributed by atoms with Gasteiger partial charge in [0.2, 0.25) is 5.91 Å². The summed E-state index contributed by atoms with van der Waals surface area (Å²) in [5, 5.41) is 0. The summed E-state index contributed by atoms with van der Waals surface area (Å²) >= 11 is 0. The summed E-state index contributed by atoms with van der Waals surface area (Å²) in [4.78, 5) is 13.4. The Morgan fingerprint density at radius 1 is 1.36 bits per heavy atom. The third-order valence-corrected chi connectivity index (χ3v) is 2.25. The topological polar surface area (TPSA) is 29.5 Å². The summed E-state index contributed by atoms with van der Waals surface area (Å²) in [6.07, 6.45) is 1.20. The van der Waals surface area contributed by atoms with Gasteiger partial charge in [-0.3, -0.25) is 4.79 Å². The third-order valence-electron chi connectivity index (χ3n) is 2.25. The zero-order valence-corrected chi connectivity index (χ0v) is 9.62. The first-order chi connectivity index (χ1) is 6.49. The fraction of sp³-hybridized carbons (Fsp3) is 0.909. The number of hydrogen-bond acceptors (Lipinski definition) is 2. The van der Waals surface area contributed by atoms with E-state index in [0.29, 0.717) is 12.3 Å². The highest BCUT2D eigenvalue weighted by Crippen LogP contribution is 2.16. The Kier molecular flexibility index (Phi) is 3.93. The summed E-state index contributed by atoms with van der Waals surface area (Å²) < 4.78 is 5.58. The van der Waals surface area contributed by atoms with Crippen molar-refractivity contribution in [1.82, 2.24) is 4.90 Å². The van der Waals surface area contributed by atoms with Crippen molar-refractivity contribution in [3.8, 4) is 0 Å². The van der Waals surface area contributed by atoms with Crippen LogP contribution >= 0.6 is 0 Å². The van der Waals surface area contributed by atoms with Gasteiger partial charge in [0, 0.05) is 19.5 Å². The van der Waals surface area contributed by atoms with Crippen molar-refractivity contribution >= 4 is 5.91 Å². The van der Waals surface area contributed by atoms with E-state index in [4.69, 9.17) is 4.74 Å². The van der Waals surface area contributed by atoms with Crippen LogP contribution in [0.2, 0.25) is 0 Å². The summed E-state index contributed by atoms with van der Waals surface area (Å²) in [5.41, 5.74) is 0. The van der Waals surface area contributed by atoms with Crippen LogP contribution in [0.15, 0.2) is 0 Å². The molecule has 14 heavy (non-hydrogen) atoms. The number of likely N-dealkylation sites (tertiary alicyclic amines) is 1. The van der Waals surface area contributed by atoms with Crippen LogP contribution in [0.1, 0.15) is 34.1 Å². The van der Waals surface area contributed by atoms with E-state index in [1.807, 2.05) is 18.7 Å². The van der Waals surface area contributed by atoms with Crippen molar-refractivity contribution in [2.45, 2.75) is 46.3 Å². The Balaban J connectivity index is 2.17. The van der Waals surface area contributed by atoms with Gasteiger partial charge in [-0.15, -0.1) is 0 Å². The molecule has 0 aliphatic carbocycles. The Labute approximate surface area is 86.4 Å². The molecule has 3 heteroatoms. The molecule has 1 saturated heterocycles. The molecule has 0 atom stereocenters. The first-order valence-corrected chi connectivity index (χ1v) is 5.42. The lowest BCUT2D eigenvalue weighted by atomic mass is 10.1. The second-order valence-corrected chi connectivity index (χ2v) is 4.70. The van der Waals surface area contributed by atoms with Crippen molar-refractivity contribution in [2.24, 2.45) is 5.92 Å². The summed E-state index contributed by atoms with van der Waals surface area (Å²) in [7, 11) is 0. The van der Waals surface area contributed by atoms with Crippen molar-refractivity contribution in [2.75, 3.05) is 13.1 Å². The predicted molar refractivity (Wildman–Crippen MR) is 56.0 cm³/mol. The van der Waals surface area contributed by atoms with Gasteiger partial charge in [-0.2, -0.15) is 0 Å². The molecule has 1 aliphatic rings. The molecule has 0 saturated carbocycles. The Morgan fingerprint density at radius 2 is 1.93 bits per heavy atom. The number of rotatable bonds is 4. The Hall–Kier alpha value is -0.570. The maximum atomic E-state index is 11.5. The van der Waals surface area contributed by atoms with Crippen LogP contribution in [0, 0.1) is 5.92 Å². The van der Waals surface area contributed by atoms with Gasteiger partial charge in [-0.05, 0) is 19.8 Å².